The SMILES string of the molecule is CCCCCCCCNCCCN1CCCCC1. The molecule has 0 aromatic rings. The van der Waals surface area contributed by atoms with Gasteiger partial charge in [0.1, 0.15) is 0 Å². The first-order valence-corrected chi connectivity index (χ1v) is 8.36. The first kappa shape index (κ1) is 16.0. The number of piperidine rings is 1. The lowest BCUT2D eigenvalue weighted by Gasteiger charge is -2.26. The second-order valence-electron chi connectivity index (χ2n) is 5.77. The van der Waals surface area contributed by atoms with Crippen LogP contribution in [-0.2, 0) is 0 Å². The lowest BCUT2D eigenvalue weighted by Crippen LogP contribution is -2.32. The van der Waals surface area contributed by atoms with Crippen molar-refractivity contribution in [3.8, 4) is 0 Å². The minimum atomic E-state index is 1.21. The van der Waals surface area contributed by atoms with Gasteiger partial charge in [0.15, 0.2) is 0 Å². The molecule has 1 rings (SSSR count). The fraction of sp³-hybridized carbons (Fsp3) is 1.00. The smallest absolute Gasteiger partial charge is 0.000664 e. The van der Waals surface area contributed by atoms with E-state index >= 15 is 0 Å². The Morgan fingerprint density at radius 2 is 1.44 bits per heavy atom. The van der Waals surface area contributed by atoms with Gasteiger partial charge in [0.25, 0.3) is 0 Å². The van der Waals surface area contributed by atoms with Gasteiger partial charge >= 0.3 is 0 Å². The molecule has 1 fully saturated rings. The lowest BCUT2D eigenvalue weighted by molar-refractivity contribution is 0.226. The lowest BCUT2D eigenvalue weighted by atomic mass is 10.1. The molecule has 0 saturated carbocycles. The van der Waals surface area contributed by atoms with Crippen molar-refractivity contribution in [2.24, 2.45) is 0 Å². The van der Waals surface area contributed by atoms with Crippen LogP contribution in [-0.4, -0.2) is 37.6 Å². The maximum absolute atomic E-state index is 3.59. The monoisotopic (exact) mass is 254 g/mol. The van der Waals surface area contributed by atoms with Gasteiger partial charge < -0.3 is 10.2 Å². The molecule has 1 aliphatic rings. The third-order valence-corrected chi connectivity index (χ3v) is 3.98. The van der Waals surface area contributed by atoms with Crippen molar-refractivity contribution in [3.63, 3.8) is 0 Å². The third kappa shape index (κ3) is 8.93. The van der Waals surface area contributed by atoms with Gasteiger partial charge in [0, 0.05) is 0 Å². The molecule has 2 heteroatoms. The summed E-state index contributed by atoms with van der Waals surface area (Å²) >= 11 is 0. The van der Waals surface area contributed by atoms with Crippen LogP contribution in [0.25, 0.3) is 0 Å². The van der Waals surface area contributed by atoms with Crippen molar-refractivity contribution in [3.05, 3.63) is 0 Å². The summed E-state index contributed by atoms with van der Waals surface area (Å²) in [5.74, 6) is 0. The molecule has 0 bridgehead atoms. The van der Waals surface area contributed by atoms with E-state index in [-0.39, 0.29) is 0 Å². The minimum absolute atomic E-state index is 1.21. The van der Waals surface area contributed by atoms with Crippen LogP contribution in [0, 0.1) is 0 Å². The highest BCUT2D eigenvalue weighted by Gasteiger charge is 2.08. The van der Waals surface area contributed by atoms with Crippen molar-refractivity contribution in [2.45, 2.75) is 71.1 Å². The summed E-state index contributed by atoms with van der Waals surface area (Å²) in [6, 6.07) is 0. The Morgan fingerprint density at radius 1 is 0.778 bits per heavy atom. The van der Waals surface area contributed by atoms with Crippen molar-refractivity contribution >= 4 is 0 Å². The van der Waals surface area contributed by atoms with E-state index in [1.807, 2.05) is 0 Å². The molecule has 0 aromatic carbocycles. The third-order valence-electron chi connectivity index (χ3n) is 3.98. The fourth-order valence-electron chi connectivity index (χ4n) is 2.77. The fourth-order valence-corrected chi connectivity index (χ4v) is 2.77. The van der Waals surface area contributed by atoms with Crippen LogP contribution in [0.5, 0.6) is 0 Å². The second-order valence-corrected chi connectivity index (χ2v) is 5.77. The molecular weight excluding hydrogens is 220 g/mol. The zero-order valence-corrected chi connectivity index (χ0v) is 12.6. The van der Waals surface area contributed by atoms with Gasteiger partial charge in [-0.2, -0.15) is 0 Å². The van der Waals surface area contributed by atoms with Gasteiger partial charge in [0.05, 0.1) is 0 Å². The Balaban J connectivity index is 1.73. The van der Waals surface area contributed by atoms with Gasteiger partial charge in [-0.15, -0.1) is 0 Å². The van der Waals surface area contributed by atoms with E-state index < -0.39 is 0 Å². The van der Waals surface area contributed by atoms with Crippen molar-refractivity contribution in [2.75, 3.05) is 32.7 Å². The highest BCUT2D eigenvalue weighted by atomic mass is 15.1. The summed E-state index contributed by atoms with van der Waals surface area (Å²) in [6.45, 7) is 8.72. The zero-order chi connectivity index (χ0) is 12.9. The van der Waals surface area contributed by atoms with Crippen LogP contribution in [0.1, 0.15) is 71.1 Å². The zero-order valence-electron chi connectivity index (χ0n) is 12.6. The van der Waals surface area contributed by atoms with Crippen molar-refractivity contribution in [1.82, 2.24) is 10.2 Å². The van der Waals surface area contributed by atoms with Crippen LogP contribution in [0.2, 0.25) is 0 Å². The second kappa shape index (κ2) is 12.0. The van der Waals surface area contributed by atoms with Gasteiger partial charge in [0.2, 0.25) is 0 Å². The maximum atomic E-state index is 3.59. The topological polar surface area (TPSA) is 15.3 Å². The molecule has 0 unspecified atom stereocenters. The average Bonchev–Trinajstić information content (AvgIpc) is 2.42. The maximum Gasteiger partial charge on any atom is -0.000664 e. The molecule has 0 amide bonds. The molecule has 1 heterocycles. The van der Waals surface area contributed by atoms with Gasteiger partial charge in [-0.1, -0.05) is 45.4 Å². The summed E-state index contributed by atoms with van der Waals surface area (Å²) in [4.78, 5) is 2.63. The molecular formula is C16H34N2. The summed E-state index contributed by atoms with van der Waals surface area (Å²) in [5.41, 5.74) is 0. The van der Waals surface area contributed by atoms with E-state index in [4.69, 9.17) is 0 Å². The number of likely N-dealkylation sites (tertiary alicyclic amines) is 1. The van der Waals surface area contributed by atoms with Crippen LogP contribution >= 0.6 is 0 Å². The molecule has 108 valence electrons. The molecule has 2 nitrogen and oxygen atoms in total. The number of hydrogen-bond donors (Lipinski definition) is 1. The van der Waals surface area contributed by atoms with Crippen LogP contribution in [0.3, 0.4) is 0 Å². The summed E-state index contributed by atoms with van der Waals surface area (Å²) < 4.78 is 0. The summed E-state index contributed by atoms with van der Waals surface area (Å²) in [7, 11) is 0. The molecule has 0 aromatic heterocycles. The number of hydrogen-bond acceptors (Lipinski definition) is 2. The standard InChI is InChI=1S/C16H34N2/c1-2-3-4-5-6-8-12-17-13-11-16-18-14-9-7-10-15-18/h17H,2-16H2,1H3. The van der Waals surface area contributed by atoms with E-state index in [9.17, 15) is 0 Å². The Labute approximate surface area is 115 Å². The molecule has 1 aliphatic heterocycles. The Bertz CT molecular complexity index is 164. The van der Waals surface area contributed by atoms with E-state index in [2.05, 4.69) is 17.1 Å². The van der Waals surface area contributed by atoms with Crippen LogP contribution in [0.4, 0.5) is 0 Å². The normalized spacial score (nSPS) is 17.2. The average molecular weight is 254 g/mol. The quantitative estimate of drug-likeness (QED) is 0.564. The number of nitrogens with one attached hydrogen (secondary N) is 1. The van der Waals surface area contributed by atoms with Gasteiger partial charge in [-0.05, 0) is 58.4 Å². The Morgan fingerprint density at radius 3 is 2.22 bits per heavy atom. The Hall–Kier alpha value is -0.0800. The predicted octanol–water partition coefficient (Wildman–Crippen LogP) is 3.81. The largest absolute Gasteiger partial charge is 0.317 e. The van der Waals surface area contributed by atoms with Crippen molar-refractivity contribution < 1.29 is 0 Å². The Kier molecular flexibility index (Phi) is 10.6. The summed E-state index contributed by atoms with van der Waals surface area (Å²) in [6.07, 6.45) is 14.1. The van der Waals surface area contributed by atoms with Gasteiger partial charge in [-0.3, -0.25) is 0 Å². The van der Waals surface area contributed by atoms with E-state index in [0.29, 0.717) is 0 Å². The minimum Gasteiger partial charge on any atom is -0.317 e. The first-order valence-electron chi connectivity index (χ1n) is 8.36. The molecule has 18 heavy (non-hydrogen) atoms. The highest BCUT2D eigenvalue weighted by Crippen LogP contribution is 2.08. The highest BCUT2D eigenvalue weighted by molar-refractivity contribution is 4.64. The summed E-state index contributed by atoms with van der Waals surface area (Å²) in [5, 5.41) is 3.59. The molecule has 0 spiro atoms. The number of nitrogens with zero attached hydrogens (tertiary/aromatic N) is 1. The van der Waals surface area contributed by atoms with E-state index in [0.717, 1.165) is 0 Å². The van der Waals surface area contributed by atoms with Crippen molar-refractivity contribution in [1.29, 1.82) is 0 Å². The van der Waals surface area contributed by atoms with E-state index in [1.165, 1.54) is 96.9 Å². The van der Waals surface area contributed by atoms with E-state index in [1.54, 1.807) is 0 Å². The predicted molar refractivity (Wildman–Crippen MR) is 81.2 cm³/mol. The number of rotatable bonds is 11. The van der Waals surface area contributed by atoms with Crippen LogP contribution < -0.4 is 5.32 Å². The molecule has 0 aliphatic carbocycles. The molecule has 0 radical (unpaired) electrons. The van der Waals surface area contributed by atoms with Crippen LogP contribution in [0.15, 0.2) is 0 Å². The number of unbranched alkanes of at least 4 members (excludes halogenated alkanes) is 5. The van der Waals surface area contributed by atoms with Gasteiger partial charge in [-0.25, -0.2) is 0 Å². The molecule has 1 N–H and O–H groups in total. The first-order chi connectivity index (χ1) is 8.93. The molecule has 1 saturated heterocycles. The molecule has 0 atom stereocenters.